The van der Waals surface area contributed by atoms with Gasteiger partial charge in [-0.1, -0.05) is 23.7 Å². The molecule has 6 rings (SSSR count). The summed E-state index contributed by atoms with van der Waals surface area (Å²) in [4.78, 5) is 6.69. The van der Waals surface area contributed by atoms with Crippen molar-refractivity contribution in [3.63, 3.8) is 0 Å². The van der Waals surface area contributed by atoms with Gasteiger partial charge in [0.05, 0.1) is 18.8 Å². The van der Waals surface area contributed by atoms with Gasteiger partial charge in [-0.15, -0.1) is 0 Å². The summed E-state index contributed by atoms with van der Waals surface area (Å²) in [7, 11) is 1.64. The Morgan fingerprint density at radius 2 is 1.62 bits per heavy atom. The summed E-state index contributed by atoms with van der Waals surface area (Å²) >= 11 is 12.2. The minimum Gasteiger partial charge on any atom is -0.497 e. The molecular formula is C32H26ClN3O3S. The third-order valence-corrected chi connectivity index (χ3v) is 7.44. The molecule has 8 heteroatoms. The number of ether oxygens (including phenoxy) is 2. The molecule has 1 aliphatic heterocycles. The summed E-state index contributed by atoms with van der Waals surface area (Å²) in [6.45, 7) is 2.04. The van der Waals surface area contributed by atoms with Crippen LogP contribution in [0.25, 0.3) is 11.3 Å². The fourth-order valence-corrected chi connectivity index (χ4v) is 5.41. The first-order valence-electron chi connectivity index (χ1n) is 12.8. The van der Waals surface area contributed by atoms with Crippen LogP contribution in [0.2, 0.25) is 5.02 Å². The molecular weight excluding hydrogens is 542 g/mol. The summed E-state index contributed by atoms with van der Waals surface area (Å²) < 4.78 is 17.8. The van der Waals surface area contributed by atoms with E-state index in [4.69, 9.17) is 37.7 Å². The standard InChI is InChI=1S/C32H26ClN3O3S/c1-20-6-7-21(33)19-26(20)28-16-17-29(39-28)31-30(27-5-3-4-18-34-27)35-32(40)36(31)22-8-10-24(11-9-22)38-25-14-12-23(37-2)13-15-25/h3-19,30-31H,1-2H3,(H,35,40)/t30-,31+/m0/s1. The van der Waals surface area contributed by atoms with Gasteiger partial charge in [0.25, 0.3) is 0 Å². The molecule has 6 nitrogen and oxygen atoms in total. The van der Waals surface area contributed by atoms with Crippen molar-refractivity contribution in [3.8, 4) is 28.6 Å². The molecule has 0 radical (unpaired) electrons. The smallest absolute Gasteiger partial charge is 0.174 e. The van der Waals surface area contributed by atoms with Gasteiger partial charge < -0.3 is 24.1 Å². The predicted molar refractivity (Wildman–Crippen MR) is 161 cm³/mol. The largest absolute Gasteiger partial charge is 0.497 e. The molecule has 2 aromatic heterocycles. The third kappa shape index (κ3) is 5.13. The number of nitrogens with one attached hydrogen (secondary N) is 1. The monoisotopic (exact) mass is 567 g/mol. The van der Waals surface area contributed by atoms with Gasteiger partial charge in [-0.05, 0) is 110 Å². The van der Waals surface area contributed by atoms with E-state index >= 15 is 0 Å². The lowest BCUT2D eigenvalue weighted by atomic mass is 10.0. The molecule has 1 fully saturated rings. The number of anilines is 1. The molecule has 0 saturated carbocycles. The lowest BCUT2D eigenvalue weighted by molar-refractivity contribution is 0.413. The number of nitrogens with zero attached hydrogens (tertiary/aromatic N) is 2. The zero-order chi connectivity index (χ0) is 27.6. The molecule has 200 valence electrons. The highest BCUT2D eigenvalue weighted by Gasteiger charge is 2.42. The predicted octanol–water partition coefficient (Wildman–Crippen LogP) is 8.28. The number of thiocarbonyl (C=S) groups is 1. The van der Waals surface area contributed by atoms with Crippen molar-refractivity contribution in [2.45, 2.75) is 19.0 Å². The highest BCUT2D eigenvalue weighted by Crippen LogP contribution is 2.43. The fourth-order valence-electron chi connectivity index (χ4n) is 4.89. The molecule has 2 atom stereocenters. The van der Waals surface area contributed by atoms with Crippen LogP contribution in [-0.4, -0.2) is 17.2 Å². The van der Waals surface area contributed by atoms with Crippen LogP contribution in [0, 0.1) is 6.92 Å². The van der Waals surface area contributed by atoms with E-state index in [1.54, 1.807) is 13.3 Å². The Labute approximate surface area is 243 Å². The van der Waals surface area contributed by atoms with Crippen LogP contribution in [0.5, 0.6) is 17.2 Å². The van der Waals surface area contributed by atoms with E-state index in [1.807, 2.05) is 104 Å². The highest BCUT2D eigenvalue weighted by atomic mass is 35.5. The van der Waals surface area contributed by atoms with Gasteiger partial charge in [0.1, 0.15) is 34.8 Å². The first-order chi connectivity index (χ1) is 19.5. The van der Waals surface area contributed by atoms with Crippen LogP contribution in [0.4, 0.5) is 5.69 Å². The molecule has 0 aliphatic carbocycles. The normalized spacial score (nSPS) is 16.6. The van der Waals surface area contributed by atoms with Gasteiger partial charge >= 0.3 is 0 Å². The second-order valence-electron chi connectivity index (χ2n) is 9.43. The molecule has 5 aromatic rings. The van der Waals surface area contributed by atoms with Crippen molar-refractivity contribution in [1.29, 1.82) is 0 Å². The zero-order valence-corrected chi connectivity index (χ0v) is 23.4. The van der Waals surface area contributed by atoms with Gasteiger partial charge in [0.15, 0.2) is 5.11 Å². The minimum absolute atomic E-state index is 0.219. The van der Waals surface area contributed by atoms with Crippen molar-refractivity contribution >= 4 is 34.6 Å². The number of benzene rings is 3. The third-order valence-electron chi connectivity index (χ3n) is 6.89. The second-order valence-corrected chi connectivity index (χ2v) is 10.3. The first-order valence-corrected chi connectivity index (χ1v) is 13.6. The van der Waals surface area contributed by atoms with Gasteiger partial charge in [-0.2, -0.15) is 0 Å². The summed E-state index contributed by atoms with van der Waals surface area (Å²) in [5.74, 6) is 3.71. The SMILES string of the molecule is COc1ccc(Oc2ccc(N3C(=S)N[C@@H](c4ccccn4)[C@H]3c3ccc(-c4cc(Cl)ccc4C)o3)cc2)cc1. The van der Waals surface area contributed by atoms with Crippen LogP contribution in [-0.2, 0) is 0 Å². The Kier molecular flexibility index (Phi) is 7.15. The number of furan rings is 1. The Morgan fingerprint density at radius 1 is 0.900 bits per heavy atom. The van der Waals surface area contributed by atoms with E-state index in [0.29, 0.717) is 15.9 Å². The quantitative estimate of drug-likeness (QED) is 0.198. The van der Waals surface area contributed by atoms with Gasteiger partial charge in [0, 0.05) is 22.5 Å². The molecule has 1 aliphatic rings. The van der Waals surface area contributed by atoms with Crippen molar-refractivity contribution < 1.29 is 13.9 Å². The van der Waals surface area contributed by atoms with E-state index in [9.17, 15) is 0 Å². The number of hydrogen-bond donors (Lipinski definition) is 1. The van der Waals surface area contributed by atoms with Crippen molar-refractivity contribution in [1.82, 2.24) is 10.3 Å². The van der Waals surface area contributed by atoms with Gasteiger partial charge in [-0.3, -0.25) is 4.98 Å². The average Bonchev–Trinajstić information content (AvgIpc) is 3.60. The van der Waals surface area contributed by atoms with Crippen LogP contribution in [0.3, 0.4) is 0 Å². The van der Waals surface area contributed by atoms with Crippen LogP contribution in [0.1, 0.15) is 29.1 Å². The molecule has 0 spiro atoms. The summed E-state index contributed by atoms with van der Waals surface area (Å²) in [5.41, 5.74) is 3.80. The van der Waals surface area contributed by atoms with Crippen molar-refractivity contribution in [2.75, 3.05) is 12.0 Å². The minimum atomic E-state index is -0.274. The number of aromatic nitrogens is 1. The van der Waals surface area contributed by atoms with Crippen LogP contribution < -0.4 is 19.7 Å². The molecule has 0 unspecified atom stereocenters. The number of aryl methyl sites for hydroxylation is 1. The summed E-state index contributed by atoms with van der Waals surface area (Å²) in [6.07, 6.45) is 1.79. The number of hydrogen-bond acceptors (Lipinski definition) is 5. The summed E-state index contributed by atoms with van der Waals surface area (Å²) in [6, 6.07) is 30.5. The number of rotatable bonds is 7. The fraction of sp³-hybridized carbons (Fsp3) is 0.125. The summed E-state index contributed by atoms with van der Waals surface area (Å²) in [5, 5.41) is 4.72. The molecule has 1 N–H and O–H groups in total. The van der Waals surface area contributed by atoms with E-state index in [0.717, 1.165) is 45.5 Å². The number of methoxy groups -OCH3 is 1. The molecule has 40 heavy (non-hydrogen) atoms. The van der Waals surface area contributed by atoms with E-state index in [2.05, 4.69) is 15.2 Å². The number of pyridine rings is 1. The van der Waals surface area contributed by atoms with Crippen molar-refractivity contribution in [2.24, 2.45) is 0 Å². The maximum absolute atomic E-state index is 6.50. The Morgan fingerprint density at radius 3 is 2.33 bits per heavy atom. The Bertz CT molecular complexity index is 1640. The van der Waals surface area contributed by atoms with Crippen LogP contribution in [0.15, 0.2) is 108 Å². The molecule has 3 aromatic carbocycles. The molecule has 1 saturated heterocycles. The maximum Gasteiger partial charge on any atom is 0.174 e. The first kappa shape index (κ1) is 25.9. The van der Waals surface area contributed by atoms with E-state index in [-0.39, 0.29) is 12.1 Å². The highest BCUT2D eigenvalue weighted by molar-refractivity contribution is 7.80. The molecule has 0 amide bonds. The molecule has 0 bridgehead atoms. The number of halogens is 1. The van der Waals surface area contributed by atoms with E-state index < -0.39 is 0 Å². The Balaban J connectivity index is 1.34. The van der Waals surface area contributed by atoms with Crippen molar-refractivity contribution in [3.05, 3.63) is 125 Å². The average molecular weight is 568 g/mol. The maximum atomic E-state index is 6.50. The van der Waals surface area contributed by atoms with E-state index in [1.165, 1.54) is 0 Å². The van der Waals surface area contributed by atoms with Gasteiger partial charge in [-0.25, -0.2) is 0 Å². The zero-order valence-electron chi connectivity index (χ0n) is 21.9. The lowest BCUT2D eigenvalue weighted by Crippen LogP contribution is -2.29. The lowest BCUT2D eigenvalue weighted by Gasteiger charge is -2.26. The topological polar surface area (TPSA) is 59.8 Å². The van der Waals surface area contributed by atoms with Gasteiger partial charge in [0.2, 0.25) is 0 Å². The second kappa shape index (κ2) is 11.0. The van der Waals surface area contributed by atoms with Crippen LogP contribution >= 0.6 is 23.8 Å². The molecule has 3 heterocycles. The Hall–Kier alpha value is -4.33.